The fourth-order valence-corrected chi connectivity index (χ4v) is 12.8. The number of carbonyl (C=O) groups is 7. The standard InChI is InChI=1S/C49H67ClN4O15S3/c1-28-13-11-14-29(2)49(62)27-36(67-46(61)51-49)30(3)44-48(7,69-44)38(26-42(59)53(9)33-24-32(23-28)25-35(66-10)43(33)50)68-45(60)31(4)52(8)39(56)18-20-47(5,6)71-70-22-19-37(72(63,64)65)34(55)15-12-21-54-40(57)16-17-41(54)58/h11,13-14,16-17,24-25,29-31,36-38,44,62H,12,15,18-23,26-27H2,1-10H3,(H,51,61)(H,63,64,65)/b14-11+,28-13+/t29?,30?,31-,36?,37?,38?,44+,48+,49?/m0/s1. The van der Waals surface area contributed by atoms with Gasteiger partial charge in [0, 0.05) is 74.4 Å². The number of hydrogen-bond acceptors (Lipinski definition) is 16. The van der Waals surface area contributed by atoms with E-state index in [2.05, 4.69) is 5.32 Å². The number of nitrogens with zero attached hydrogens (tertiary/aromatic N) is 3. The Morgan fingerprint density at radius 1 is 1.11 bits per heavy atom. The molecule has 23 heteroatoms. The number of ether oxygens (including phenoxy) is 4. The van der Waals surface area contributed by atoms with Gasteiger partial charge in [0.25, 0.3) is 21.9 Å². The maximum Gasteiger partial charge on any atom is 0.409 e. The minimum atomic E-state index is -4.74. The van der Waals surface area contributed by atoms with E-state index in [4.69, 9.17) is 30.5 Å². The summed E-state index contributed by atoms with van der Waals surface area (Å²) in [5.41, 5.74) is -0.895. The van der Waals surface area contributed by atoms with Crippen LogP contribution in [0.25, 0.3) is 0 Å². The third-order valence-electron chi connectivity index (χ3n) is 13.8. The number of rotatable bonds is 18. The summed E-state index contributed by atoms with van der Waals surface area (Å²) in [5.74, 6) is -4.08. The number of allylic oxidation sites excluding steroid dienone is 3. The molecule has 1 aromatic carbocycles. The van der Waals surface area contributed by atoms with Gasteiger partial charge in [0.05, 0.1) is 25.3 Å². The lowest BCUT2D eigenvalue weighted by Gasteiger charge is -2.41. The second kappa shape index (κ2) is 23.8. The number of nitrogens with one attached hydrogen (secondary N) is 1. The second-order valence-electron chi connectivity index (χ2n) is 19.7. The molecule has 0 aliphatic carbocycles. The number of anilines is 1. The van der Waals surface area contributed by atoms with Crippen molar-refractivity contribution in [2.75, 3.05) is 38.4 Å². The van der Waals surface area contributed by atoms with Crippen LogP contribution in [0.3, 0.4) is 0 Å². The highest BCUT2D eigenvalue weighted by Crippen LogP contribution is 2.49. The lowest BCUT2D eigenvalue weighted by molar-refractivity contribution is -0.162. The van der Waals surface area contributed by atoms with Crippen molar-refractivity contribution < 1.29 is 70.6 Å². The number of amides is 5. The molecule has 4 aliphatic rings. The van der Waals surface area contributed by atoms with Gasteiger partial charge >= 0.3 is 12.1 Å². The molecule has 0 saturated carbocycles. The van der Waals surface area contributed by atoms with Gasteiger partial charge in [0.2, 0.25) is 11.8 Å². The van der Waals surface area contributed by atoms with Crippen molar-refractivity contribution >= 4 is 90.5 Å². The Labute approximate surface area is 434 Å². The first kappa shape index (κ1) is 58.4. The van der Waals surface area contributed by atoms with Crippen molar-refractivity contribution in [1.29, 1.82) is 0 Å². The van der Waals surface area contributed by atoms with Crippen LogP contribution in [0.5, 0.6) is 5.75 Å². The number of halogens is 1. The van der Waals surface area contributed by atoms with Crippen LogP contribution >= 0.6 is 33.2 Å². The van der Waals surface area contributed by atoms with E-state index >= 15 is 0 Å². The average molecular weight is 1080 g/mol. The van der Waals surface area contributed by atoms with Gasteiger partial charge in [-0.1, -0.05) is 70.8 Å². The molecule has 72 heavy (non-hydrogen) atoms. The number of epoxide rings is 1. The Morgan fingerprint density at radius 3 is 2.42 bits per heavy atom. The molecule has 1 aromatic rings. The summed E-state index contributed by atoms with van der Waals surface area (Å²) in [6.45, 7) is 12.4. The van der Waals surface area contributed by atoms with Crippen LogP contribution in [0, 0.1) is 11.8 Å². The topological polar surface area (TPSA) is 256 Å². The highest BCUT2D eigenvalue weighted by molar-refractivity contribution is 8.77. The summed E-state index contributed by atoms with van der Waals surface area (Å²) in [7, 11) is 2.35. The molecule has 398 valence electrons. The predicted octanol–water partition coefficient (Wildman–Crippen LogP) is 6.00. The number of carbonyl (C=O) groups excluding carboxylic acids is 7. The molecule has 2 saturated heterocycles. The fraction of sp³-hybridized carbons (Fsp3) is 0.612. The van der Waals surface area contributed by atoms with E-state index in [0.717, 1.165) is 28.2 Å². The molecule has 3 N–H and O–H groups in total. The van der Waals surface area contributed by atoms with E-state index in [1.165, 1.54) is 52.5 Å². The minimum Gasteiger partial charge on any atom is -0.495 e. The van der Waals surface area contributed by atoms with Gasteiger partial charge in [-0.3, -0.25) is 38.7 Å². The molecule has 4 aliphatic heterocycles. The highest BCUT2D eigenvalue weighted by atomic mass is 35.5. The van der Waals surface area contributed by atoms with Gasteiger partial charge in [0.15, 0.2) is 5.78 Å². The van der Waals surface area contributed by atoms with Crippen molar-refractivity contribution in [1.82, 2.24) is 15.1 Å². The van der Waals surface area contributed by atoms with Gasteiger partial charge in [-0.15, -0.1) is 0 Å². The van der Waals surface area contributed by atoms with Gasteiger partial charge in [-0.2, -0.15) is 8.42 Å². The molecular weight excluding hydrogens is 1020 g/mol. The monoisotopic (exact) mass is 1080 g/mol. The van der Waals surface area contributed by atoms with E-state index in [-0.39, 0.29) is 55.8 Å². The first-order valence-electron chi connectivity index (χ1n) is 23.7. The minimum absolute atomic E-state index is 0.000196. The molecule has 5 amide bonds. The largest absolute Gasteiger partial charge is 0.495 e. The normalized spacial score (nSPS) is 28.0. The Bertz CT molecular complexity index is 2470. The lowest BCUT2D eigenvalue weighted by atomic mass is 9.82. The fourth-order valence-electron chi connectivity index (χ4n) is 8.81. The summed E-state index contributed by atoms with van der Waals surface area (Å²) >= 11 is 6.81. The first-order chi connectivity index (χ1) is 33.5. The molecule has 0 aromatic heterocycles. The van der Waals surface area contributed by atoms with Crippen molar-refractivity contribution in [3.05, 3.63) is 58.7 Å². The Hall–Kier alpha value is -4.45. The maximum atomic E-state index is 14.3. The van der Waals surface area contributed by atoms with Crippen molar-refractivity contribution in [3.8, 4) is 5.75 Å². The van der Waals surface area contributed by atoms with E-state index in [0.29, 0.717) is 24.3 Å². The molecule has 4 bridgehead atoms. The van der Waals surface area contributed by atoms with E-state index in [1.54, 1.807) is 46.0 Å². The quantitative estimate of drug-likeness (QED) is 0.0381. The second-order valence-corrected chi connectivity index (χ2v) is 24.8. The summed E-state index contributed by atoms with van der Waals surface area (Å²) in [6.07, 6.45) is 4.08. The molecule has 0 spiro atoms. The average Bonchev–Trinajstić information content (AvgIpc) is 3.90. The van der Waals surface area contributed by atoms with E-state index in [9.17, 15) is 51.6 Å². The van der Waals surface area contributed by atoms with Gasteiger partial charge < -0.3 is 33.9 Å². The zero-order chi connectivity index (χ0) is 53.7. The van der Waals surface area contributed by atoms with E-state index < -0.39 is 109 Å². The number of Topliss-reactive ketones (excluding diaryl/α,β-unsaturated/α-hetero) is 1. The number of likely N-dealkylation sites (N-methyl/N-ethyl adjacent to an activating group) is 1. The number of benzene rings is 1. The molecule has 0 radical (unpaired) electrons. The van der Waals surface area contributed by atoms with Crippen LogP contribution in [-0.2, 0) is 59.5 Å². The third-order valence-corrected chi connectivity index (χ3v) is 18.8. The number of alkyl carbamates (subject to hydrolysis) is 1. The van der Waals surface area contributed by atoms with Crippen LogP contribution in [0.4, 0.5) is 10.5 Å². The van der Waals surface area contributed by atoms with Crippen LogP contribution in [0.2, 0.25) is 5.02 Å². The summed E-state index contributed by atoms with van der Waals surface area (Å²) in [4.78, 5) is 95.0. The SMILES string of the molecule is COc1cc2cc(c1Cl)N(C)C(=O)CC(OC(=O)[C@H](C)N(C)C(=O)CCC(C)(C)SSCCC(C(=O)CCCN1C(=O)C=CC1=O)S(=O)(=O)O)[C@@]1(C)O[C@@H]1C(C)C1CC(O)(NC(=O)O1)C(C)/C=C/C=C(\C)C2. The lowest BCUT2D eigenvalue weighted by Crippen LogP contribution is -2.60. The molecule has 5 rings (SSSR count). The number of ketones is 1. The van der Waals surface area contributed by atoms with Crippen LogP contribution in [0.1, 0.15) is 99.0 Å². The number of methoxy groups -OCH3 is 1. The van der Waals surface area contributed by atoms with Gasteiger partial charge in [-0.25, -0.2) is 9.59 Å². The summed E-state index contributed by atoms with van der Waals surface area (Å²) < 4.78 is 57.4. The zero-order valence-electron chi connectivity index (χ0n) is 42.3. The Morgan fingerprint density at radius 2 is 1.78 bits per heavy atom. The smallest absolute Gasteiger partial charge is 0.409 e. The molecule has 19 nitrogen and oxygen atoms in total. The maximum absolute atomic E-state index is 14.3. The zero-order valence-corrected chi connectivity index (χ0v) is 45.5. The molecule has 4 heterocycles. The molecule has 9 atom stereocenters. The van der Waals surface area contributed by atoms with Crippen LogP contribution < -0.4 is 15.0 Å². The summed E-state index contributed by atoms with van der Waals surface area (Å²) in [6, 6.07) is 2.42. The number of esters is 1. The van der Waals surface area contributed by atoms with Gasteiger partial charge in [-0.05, 0) is 78.0 Å². The van der Waals surface area contributed by atoms with E-state index in [1.807, 2.05) is 32.9 Å². The van der Waals surface area contributed by atoms with Gasteiger partial charge in [0.1, 0.15) is 45.6 Å². The third kappa shape index (κ3) is 14.4. The van der Waals surface area contributed by atoms with Crippen LogP contribution in [-0.4, -0.2) is 149 Å². The highest BCUT2D eigenvalue weighted by Gasteiger charge is 2.64. The van der Waals surface area contributed by atoms with Crippen molar-refractivity contribution in [2.45, 2.75) is 146 Å². The number of fused-ring (bicyclic) bond motifs is 5. The van der Waals surface area contributed by atoms with Crippen LogP contribution in [0.15, 0.2) is 48.1 Å². The first-order valence-corrected chi connectivity index (χ1v) is 27.9. The van der Waals surface area contributed by atoms with Crippen molar-refractivity contribution in [3.63, 3.8) is 0 Å². The Kier molecular flexibility index (Phi) is 19.3. The number of imide groups is 1. The Balaban J connectivity index is 1.25. The number of hydrogen-bond donors (Lipinski definition) is 3. The summed E-state index contributed by atoms with van der Waals surface area (Å²) in [5, 5.41) is 12.9. The molecule has 6 unspecified atom stereocenters. The van der Waals surface area contributed by atoms with Crippen molar-refractivity contribution in [2.24, 2.45) is 11.8 Å². The molecule has 2 fully saturated rings. The predicted molar refractivity (Wildman–Crippen MR) is 273 cm³/mol. The molecular formula is C49H67ClN4O15S3. The number of aliphatic hydroxyl groups is 1.